The van der Waals surface area contributed by atoms with E-state index in [1.54, 1.807) is 0 Å². The summed E-state index contributed by atoms with van der Waals surface area (Å²) >= 11 is 0. The van der Waals surface area contributed by atoms with Crippen LogP contribution >= 0.6 is 0 Å². The number of hydrogen-bond acceptors (Lipinski definition) is 4. The van der Waals surface area contributed by atoms with E-state index in [4.69, 9.17) is 0 Å². The summed E-state index contributed by atoms with van der Waals surface area (Å²) in [7, 11) is 0. The lowest BCUT2D eigenvalue weighted by Gasteiger charge is -2.46. The molecule has 19 heavy (non-hydrogen) atoms. The highest BCUT2D eigenvalue weighted by atomic mass is 19.4. The Hall–Kier alpha value is -0.370. The number of halogens is 3. The average Bonchev–Trinajstić information content (AvgIpc) is 2.31. The molecule has 0 bridgehead atoms. The maximum absolute atomic E-state index is 11.8. The molecule has 0 aliphatic carbocycles. The van der Waals surface area contributed by atoms with Crippen molar-refractivity contribution in [3.05, 3.63) is 0 Å². The zero-order valence-corrected chi connectivity index (χ0v) is 11.1. The Morgan fingerprint density at radius 1 is 1.16 bits per heavy atom. The zero-order chi connectivity index (χ0) is 13.7. The lowest BCUT2D eigenvalue weighted by molar-refractivity contribution is -0.174. The molecule has 0 unspecified atom stereocenters. The summed E-state index contributed by atoms with van der Waals surface area (Å²) in [4.78, 5) is 4.77. The molecule has 2 heterocycles. The first-order valence-corrected chi connectivity index (χ1v) is 6.86. The summed E-state index contributed by atoms with van der Waals surface area (Å²) in [6.45, 7) is 6.30. The van der Waals surface area contributed by atoms with Crippen LogP contribution in [-0.4, -0.2) is 81.0 Å². The third kappa shape index (κ3) is 5.25. The van der Waals surface area contributed by atoms with E-state index in [-0.39, 0.29) is 6.61 Å². The van der Waals surface area contributed by atoms with E-state index >= 15 is 0 Å². The number of nitrogens with one attached hydrogen (secondary N) is 1. The van der Waals surface area contributed by atoms with Crippen LogP contribution in [0.15, 0.2) is 0 Å². The van der Waals surface area contributed by atoms with Gasteiger partial charge in [0.15, 0.2) is 0 Å². The van der Waals surface area contributed by atoms with Gasteiger partial charge in [-0.25, -0.2) is 0 Å². The minimum Gasteiger partial charge on any atom is -0.372 e. The zero-order valence-electron chi connectivity index (χ0n) is 11.1. The average molecular weight is 281 g/mol. The molecule has 0 aromatic carbocycles. The monoisotopic (exact) mass is 281 g/mol. The van der Waals surface area contributed by atoms with Crippen LogP contribution in [0.5, 0.6) is 0 Å². The standard InChI is InChI=1S/C12H22F3N3O/c13-12(14,15)10-19-7-1-4-17-8-11(9-17)18-5-2-16-3-6-18/h11,16H,1-10H2. The second-order valence-electron chi connectivity index (χ2n) is 5.22. The van der Waals surface area contributed by atoms with Gasteiger partial charge in [-0.1, -0.05) is 0 Å². The summed E-state index contributed by atoms with van der Waals surface area (Å²) in [6.07, 6.45) is -3.53. The van der Waals surface area contributed by atoms with Crippen molar-refractivity contribution >= 4 is 0 Å². The van der Waals surface area contributed by atoms with Gasteiger partial charge in [-0.05, 0) is 6.42 Å². The molecule has 2 fully saturated rings. The molecule has 2 saturated heterocycles. The number of rotatable bonds is 6. The second-order valence-corrected chi connectivity index (χ2v) is 5.22. The van der Waals surface area contributed by atoms with E-state index in [0.717, 1.165) is 45.8 Å². The van der Waals surface area contributed by atoms with Crippen molar-refractivity contribution in [1.29, 1.82) is 0 Å². The molecule has 7 heteroatoms. The summed E-state index contributed by atoms with van der Waals surface area (Å²) in [5.41, 5.74) is 0. The number of piperazine rings is 1. The lowest BCUT2D eigenvalue weighted by Crippen LogP contribution is -2.62. The number of hydrogen-bond donors (Lipinski definition) is 1. The van der Waals surface area contributed by atoms with E-state index in [0.29, 0.717) is 12.5 Å². The van der Waals surface area contributed by atoms with Gasteiger partial charge in [0.25, 0.3) is 0 Å². The molecule has 0 amide bonds. The third-order valence-corrected chi connectivity index (χ3v) is 3.63. The van der Waals surface area contributed by atoms with Crippen LogP contribution in [0.2, 0.25) is 0 Å². The normalized spacial score (nSPS) is 23.5. The molecule has 0 spiro atoms. The predicted octanol–water partition coefficient (Wildman–Crippen LogP) is 0.545. The molecule has 112 valence electrons. The van der Waals surface area contributed by atoms with E-state index in [1.807, 2.05) is 0 Å². The van der Waals surface area contributed by atoms with E-state index in [1.165, 1.54) is 0 Å². The van der Waals surface area contributed by atoms with E-state index in [2.05, 4.69) is 19.9 Å². The van der Waals surface area contributed by atoms with Crippen LogP contribution in [0.1, 0.15) is 6.42 Å². The minimum atomic E-state index is -4.20. The number of nitrogens with zero attached hydrogens (tertiary/aromatic N) is 2. The molecule has 2 aliphatic rings. The highest BCUT2D eigenvalue weighted by molar-refractivity contribution is 4.89. The Morgan fingerprint density at radius 3 is 2.47 bits per heavy atom. The van der Waals surface area contributed by atoms with Crippen molar-refractivity contribution in [3.63, 3.8) is 0 Å². The Labute approximate surface area is 111 Å². The largest absolute Gasteiger partial charge is 0.411 e. The fraction of sp³-hybridized carbons (Fsp3) is 1.00. The Morgan fingerprint density at radius 2 is 1.84 bits per heavy atom. The van der Waals surface area contributed by atoms with Crippen LogP contribution in [0.25, 0.3) is 0 Å². The van der Waals surface area contributed by atoms with Crippen molar-refractivity contribution in [1.82, 2.24) is 15.1 Å². The summed E-state index contributed by atoms with van der Waals surface area (Å²) in [5, 5.41) is 3.33. The predicted molar refractivity (Wildman–Crippen MR) is 66.2 cm³/mol. The number of likely N-dealkylation sites (tertiary alicyclic amines) is 1. The van der Waals surface area contributed by atoms with Crippen molar-refractivity contribution < 1.29 is 17.9 Å². The fourth-order valence-electron chi connectivity index (χ4n) is 2.58. The molecule has 4 nitrogen and oxygen atoms in total. The molecule has 0 radical (unpaired) electrons. The number of alkyl halides is 3. The summed E-state index contributed by atoms with van der Waals surface area (Å²) < 4.78 is 40.1. The topological polar surface area (TPSA) is 27.7 Å². The van der Waals surface area contributed by atoms with Gasteiger partial charge in [0, 0.05) is 58.5 Å². The molecule has 2 aliphatic heterocycles. The minimum absolute atomic E-state index is 0.189. The maximum Gasteiger partial charge on any atom is 0.411 e. The van der Waals surface area contributed by atoms with Gasteiger partial charge in [0.05, 0.1) is 0 Å². The first-order valence-electron chi connectivity index (χ1n) is 6.86. The quantitative estimate of drug-likeness (QED) is 0.720. The molecule has 0 saturated carbocycles. The Kier molecular flexibility index (Phi) is 5.44. The number of ether oxygens (including phenoxy) is 1. The Bertz CT molecular complexity index is 263. The van der Waals surface area contributed by atoms with Crippen LogP contribution in [0, 0.1) is 0 Å². The van der Waals surface area contributed by atoms with Gasteiger partial charge in [-0.3, -0.25) is 4.90 Å². The van der Waals surface area contributed by atoms with Crippen molar-refractivity contribution in [3.8, 4) is 0 Å². The lowest BCUT2D eigenvalue weighted by atomic mass is 10.1. The van der Waals surface area contributed by atoms with Crippen LogP contribution in [0.3, 0.4) is 0 Å². The van der Waals surface area contributed by atoms with Gasteiger partial charge >= 0.3 is 6.18 Å². The highest BCUT2D eigenvalue weighted by Crippen LogP contribution is 2.16. The first kappa shape index (κ1) is 15.0. The smallest absolute Gasteiger partial charge is 0.372 e. The molecular formula is C12H22F3N3O. The Balaban J connectivity index is 1.46. The van der Waals surface area contributed by atoms with Gasteiger partial charge in [0.2, 0.25) is 0 Å². The van der Waals surface area contributed by atoms with Gasteiger partial charge in [-0.2, -0.15) is 13.2 Å². The van der Waals surface area contributed by atoms with Gasteiger partial charge < -0.3 is 15.0 Å². The summed E-state index contributed by atoms with van der Waals surface area (Å²) in [5.74, 6) is 0. The van der Waals surface area contributed by atoms with Gasteiger partial charge in [0.1, 0.15) is 6.61 Å². The first-order chi connectivity index (χ1) is 9.04. The SMILES string of the molecule is FC(F)(F)COCCCN1CC(N2CCNCC2)C1. The van der Waals surface area contributed by atoms with Crippen LogP contribution in [0.4, 0.5) is 13.2 Å². The van der Waals surface area contributed by atoms with Crippen molar-refractivity contribution in [2.24, 2.45) is 0 Å². The highest BCUT2D eigenvalue weighted by Gasteiger charge is 2.31. The van der Waals surface area contributed by atoms with Crippen LogP contribution in [-0.2, 0) is 4.74 Å². The van der Waals surface area contributed by atoms with Crippen molar-refractivity contribution in [2.75, 3.05) is 59.0 Å². The molecule has 0 aromatic heterocycles. The molecule has 0 aromatic rings. The van der Waals surface area contributed by atoms with Crippen molar-refractivity contribution in [2.45, 2.75) is 18.6 Å². The fourth-order valence-corrected chi connectivity index (χ4v) is 2.58. The third-order valence-electron chi connectivity index (χ3n) is 3.63. The molecular weight excluding hydrogens is 259 g/mol. The maximum atomic E-state index is 11.8. The molecule has 2 rings (SSSR count). The van der Waals surface area contributed by atoms with Gasteiger partial charge in [-0.15, -0.1) is 0 Å². The second kappa shape index (κ2) is 6.88. The van der Waals surface area contributed by atoms with E-state index < -0.39 is 12.8 Å². The molecule has 0 atom stereocenters. The van der Waals surface area contributed by atoms with E-state index in [9.17, 15) is 13.2 Å². The van der Waals surface area contributed by atoms with Crippen LogP contribution < -0.4 is 5.32 Å². The summed E-state index contributed by atoms with van der Waals surface area (Å²) in [6, 6.07) is 0.637. The molecule has 1 N–H and O–H groups in total.